The summed E-state index contributed by atoms with van der Waals surface area (Å²) < 4.78 is 0. The lowest BCUT2D eigenvalue weighted by molar-refractivity contribution is 0.0583. The van der Waals surface area contributed by atoms with Crippen LogP contribution in [0.3, 0.4) is 0 Å². The monoisotopic (exact) mass is 233 g/mol. The number of carbonyl (C=O) groups is 1. The molecular formula is C13H19N3O. The van der Waals surface area contributed by atoms with Gasteiger partial charge < -0.3 is 11.1 Å². The molecule has 2 rings (SSSR count). The van der Waals surface area contributed by atoms with E-state index in [9.17, 15) is 4.79 Å². The van der Waals surface area contributed by atoms with Gasteiger partial charge in [0, 0.05) is 23.2 Å². The van der Waals surface area contributed by atoms with E-state index in [1.54, 1.807) is 6.07 Å². The van der Waals surface area contributed by atoms with E-state index in [-0.39, 0.29) is 23.4 Å². The van der Waals surface area contributed by atoms with Gasteiger partial charge >= 0.3 is 0 Å². The van der Waals surface area contributed by atoms with Gasteiger partial charge in [-0.15, -0.1) is 0 Å². The van der Waals surface area contributed by atoms with Crippen LogP contribution in [0.4, 0.5) is 0 Å². The largest absolute Gasteiger partial charge is 0.347 e. The first-order valence-corrected chi connectivity index (χ1v) is 5.91. The molecule has 0 spiro atoms. The molecular weight excluding hydrogens is 214 g/mol. The van der Waals surface area contributed by atoms with Gasteiger partial charge in [-0.05, 0) is 25.5 Å². The Bertz CT molecular complexity index is 442. The highest BCUT2D eigenvalue weighted by atomic mass is 16.2. The molecule has 1 fully saturated rings. The van der Waals surface area contributed by atoms with Crippen LogP contribution in [-0.2, 0) is 0 Å². The lowest BCUT2D eigenvalue weighted by Gasteiger charge is -2.50. The summed E-state index contributed by atoms with van der Waals surface area (Å²) in [6.07, 6.45) is 0.838. The lowest BCUT2D eigenvalue weighted by Crippen LogP contribution is -2.64. The number of hydrogen-bond donors (Lipinski definition) is 2. The molecule has 2 atom stereocenters. The summed E-state index contributed by atoms with van der Waals surface area (Å²) in [6.45, 7) is 6.03. The van der Waals surface area contributed by atoms with Crippen LogP contribution in [-0.4, -0.2) is 23.0 Å². The summed E-state index contributed by atoms with van der Waals surface area (Å²) in [6, 6.07) is 5.76. The van der Waals surface area contributed by atoms with E-state index in [4.69, 9.17) is 5.73 Å². The third kappa shape index (κ3) is 2.17. The molecule has 3 N–H and O–H groups in total. The number of aryl methyl sites for hydroxylation is 1. The normalized spacial score (nSPS) is 26.1. The lowest BCUT2D eigenvalue weighted by atomic mass is 9.63. The Hall–Kier alpha value is -1.42. The summed E-state index contributed by atoms with van der Waals surface area (Å²) in [5, 5.41) is 3.00. The van der Waals surface area contributed by atoms with E-state index in [1.165, 1.54) is 0 Å². The first kappa shape index (κ1) is 12.0. The SMILES string of the molecule is Cc1cccc(C(=O)NC2CC(N)C2(C)C)n1. The standard InChI is InChI=1S/C13H19N3O/c1-8-5-4-6-9(15-8)12(17)16-11-7-10(14)13(11,2)3/h4-6,10-11H,7,14H2,1-3H3,(H,16,17). The van der Waals surface area contributed by atoms with Crippen molar-refractivity contribution in [2.45, 2.75) is 39.3 Å². The van der Waals surface area contributed by atoms with E-state index in [2.05, 4.69) is 24.1 Å². The van der Waals surface area contributed by atoms with Crippen molar-refractivity contribution in [1.29, 1.82) is 0 Å². The molecule has 1 heterocycles. The van der Waals surface area contributed by atoms with E-state index >= 15 is 0 Å². The van der Waals surface area contributed by atoms with Gasteiger partial charge in [-0.1, -0.05) is 19.9 Å². The Morgan fingerprint density at radius 1 is 1.53 bits per heavy atom. The number of hydrogen-bond acceptors (Lipinski definition) is 3. The Kier molecular flexibility index (Phi) is 2.91. The van der Waals surface area contributed by atoms with E-state index < -0.39 is 0 Å². The molecule has 0 bridgehead atoms. The van der Waals surface area contributed by atoms with E-state index in [0.717, 1.165) is 12.1 Å². The fourth-order valence-corrected chi connectivity index (χ4v) is 2.11. The maximum absolute atomic E-state index is 12.0. The predicted molar refractivity (Wildman–Crippen MR) is 66.6 cm³/mol. The molecule has 0 aromatic carbocycles. The van der Waals surface area contributed by atoms with Gasteiger partial charge in [-0.3, -0.25) is 4.79 Å². The average Bonchev–Trinajstić information content (AvgIpc) is 2.28. The molecule has 4 heteroatoms. The van der Waals surface area contributed by atoms with Crippen LogP contribution in [0.2, 0.25) is 0 Å². The highest BCUT2D eigenvalue weighted by Gasteiger charge is 2.46. The minimum absolute atomic E-state index is 0.0283. The average molecular weight is 233 g/mol. The summed E-state index contributed by atoms with van der Waals surface area (Å²) in [4.78, 5) is 16.2. The van der Waals surface area contributed by atoms with Crippen molar-refractivity contribution in [3.8, 4) is 0 Å². The van der Waals surface area contributed by atoms with E-state index in [1.807, 2.05) is 19.1 Å². The summed E-state index contributed by atoms with van der Waals surface area (Å²) in [5.41, 5.74) is 7.21. The van der Waals surface area contributed by atoms with Gasteiger partial charge in [-0.25, -0.2) is 4.98 Å². The van der Waals surface area contributed by atoms with Crippen molar-refractivity contribution >= 4 is 5.91 Å². The summed E-state index contributed by atoms with van der Waals surface area (Å²) >= 11 is 0. The Morgan fingerprint density at radius 2 is 2.24 bits per heavy atom. The highest BCUT2D eigenvalue weighted by molar-refractivity contribution is 5.92. The highest BCUT2D eigenvalue weighted by Crippen LogP contribution is 2.39. The first-order valence-electron chi connectivity index (χ1n) is 5.91. The van der Waals surface area contributed by atoms with Crippen LogP contribution in [0.15, 0.2) is 18.2 Å². The number of carbonyl (C=O) groups excluding carboxylic acids is 1. The third-order valence-corrected chi connectivity index (χ3v) is 3.77. The first-order chi connectivity index (χ1) is 7.91. The van der Waals surface area contributed by atoms with Gasteiger partial charge in [0.1, 0.15) is 5.69 Å². The number of nitrogens with zero attached hydrogens (tertiary/aromatic N) is 1. The molecule has 1 aliphatic carbocycles. The number of pyridine rings is 1. The topological polar surface area (TPSA) is 68.0 Å². The molecule has 92 valence electrons. The molecule has 0 radical (unpaired) electrons. The van der Waals surface area contributed by atoms with Crippen LogP contribution < -0.4 is 11.1 Å². The maximum atomic E-state index is 12.0. The summed E-state index contributed by atoms with van der Waals surface area (Å²) in [5.74, 6) is -0.112. The molecule has 1 amide bonds. The van der Waals surface area contributed by atoms with Crippen LogP contribution in [0.1, 0.15) is 36.5 Å². The van der Waals surface area contributed by atoms with Crippen LogP contribution in [0.5, 0.6) is 0 Å². The molecule has 4 nitrogen and oxygen atoms in total. The number of amides is 1. The van der Waals surface area contributed by atoms with Crippen molar-refractivity contribution < 1.29 is 4.79 Å². The zero-order valence-electron chi connectivity index (χ0n) is 10.5. The van der Waals surface area contributed by atoms with Crippen molar-refractivity contribution in [3.63, 3.8) is 0 Å². The molecule has 2 unspecified atom stereocenters. The number of nitrogens with one attached hydrogen (secondary N) is 1. The summed E-state index contributed by atoms with van der Waals surface area (Å²) in [7, 11) is 0. The molecule has 0 saturated heterocycles. The number of nitrogens with two attached hydrogens (primary N) is 1. The second-order valence-corrected chi connectivity index (χ2v) is 5.35. The molecule has 1 saturated carbocycles. The zero-order chi connectivity index (χ0) is 12.6. The zero-order valence-corrected chi connectivity index (χ0v) is 10.5. The maximum Gasteiger partial charge on any atom is 0.270 e. The van der Waals surface area contributed by atoms with Gasteiger partial charge in [0.25, 0.3) is 5.91 Å². The predicted octanol–water partition coefficient (Wildman–Crippen LogP) is 1.25. The van der Waals surface area contributed by atoms with Gasteiger partial charge in [0.15, 0.2) is 0 Å². The fraction of sp³-hybridized carbons (Fsp3) is 0.538. The number of aromatic nitrogens is 1. The quantitative estimate of drug-likeness (QED) is 0.807. The van der Waals surface area contributed by atoms with Crippen molar-refractivity contribution in [1.82, 2.24) is 10.3 Å². The molecule has 1 aromatic rings. The Balaban J connectivity index is 2.04. The Labute approximate surface area is 102 Å². The van der Waals surface area contributed by atoms with Crippen LogP contribution in [0, 0.1) is 12.3 Å². The molecule has 17 heavy (non-hydrogen) atoms. The second kappa shape index (κ2) is 4.11. The molecule has 1 aliphatic rings. The Morgan fingerprint density at radius 3 is 2.76 bits per heavy atom. The smallest absolute Gasteiger partial charge is 0.270 e. The van der Waals surface area contributed by atoms with E-state index in [0.29, 0.717) is 5.69 Å². The van der Waals surface area contributed by atoms with Crippen LogP contribution >= 0.6 is 0 Å². The van der Waals surface area contributed by atoms with Crippen LogP contribution in [0.25, 0.3) is 0 Å². The minimum atomic E-state index is -0.112. The van der Waals surface area contributed by atoms with Crippen molar-refractivity contribution in [3.05, 3.63) is 29.6 Å². The minimum Gasteiger partial charge on any atom is -0.347 e. The van der Waals surface area contributed by atoms with Crippen molar-refractivity contribution in [2.75, 3.05) is 0 Å². The van der Waals surface area contributed by atoms with Gasteiger partial charge in [0.05, 0.1) is 0 Å². The second-order valence-electron chi connectivity index (χ2n) is 5.35. The van der Waals surface area contributed by atoms with Crippen molar-refractivity contribution in [2.24, 2.45) is 11.1 Å². The van der Waals surface area contributed by atoms with Gasteiger partial charge in [-0.2, -0.15) is 0 Å². The number of rotatable bonds is 2. The van der Waals surface area contributed by atoms with Gasteiger partial charge in [0.2, 0.25) is 0 Å². The third-order valence-electron chi connectivity index (χ3n) is 3.77. The fourth-order valence-electron chi connectivity index (χ4n) is 2.11. The molecule has 1 aromatic heterocycles. The molecule has 0 aliphatic heterocycles.